The molecule has 1 atom stereocenters. The van der Waals surface area contributed by atoms with Crippen LogP contribution in [0.2, 0.25) is 0 Å². The lowest BCUT2D eigenvalue weighted by Crippen LogP contribution is -2.42. The molecule has 6 heteroatoms. The monoisotopic (exact) mass is 288 g/mol. The van der Waals surface area contributed by atoms with Gasteiger partial charge < -0.3 is 20.2 Å². The van der Waals surface area contributed by atoms with Crippen LogP contribution in [-0.2, 0) is 0 Å². The molecule has 1 amide bonds. The first-order valence-corrected chi connectivity index (χ1v) is 7.43. The number of rotatable bonds is 4. The average molecular weight is 288 g/mol. The lowest BCUT2D eigenvalue weighted by molar-refractivity contribution is 0.0694. The summed E-state index contributed by atoms with van der Waals surface area (Å²) in [4.78, 5) is 31.7. The maximum atomic E-state index is 12.9. The van der Waals surface area contributed by atoms with E-state index < -0.39 is 0 Å². The number of carbonyl (C=O) groups excluding carboxylic acids is 1. The van der Waals surface area contributed by atoms with Gasteiger partial charge in [0.2, 0.25) is 0 Å². The molecule has 1 aromatic carbocycles. The van der Waals surface area contributed by atoms with Gasteiger partial charge in [-0.1, -0.05) is 13.0 Å². The van der Waals surface area contributed by atoms with Crippen LogP contribution in [0.4, 0.5) is 0 Å². The maximum absolute atomic E-state index is 12.9. The Balaban J connectivity index is 1.98. The molecule has 2 heterocycles. The van der Waals surface area contributed by atoms with Crippen molar-refractivity contribution < 1.29 is 4.79 Å². The molecule has 1 aromatic heterocycles. The fraction of sp³-hybridized carbons (Fsp3) is 0.467. The van der Waals surface area contributed by atoms with Crippen LogP contribution in [0, 0.1) is 0 Å². The first kappa shape index (κ1) is 13.9. The average Bonchev–Trinajstić information content (AvgIpc) is 3.11. The zero-order valence-electron chi connectivity index (χ0n) is 12.1. The number of fused-ring (bicyclic) bond motifs is 1. The minimum absolute atomic E-state index is 0.00796. The van der Waals surface area contributed by atoms with Gasteiger partial charge in [0.1, 0.15) is 0 Å². The molecule has 1 aliphatic rings. The van der Waals surface area contributed by atoms with Crippen molar-refractivity contribution in [1.82, 2.24) is 20.2 Å². The molecule has 0 radical (unpaired) electrons. The second kappa shape index (κ2) is 5.73. The molecule has 0 spiro atoms. The van der Waals surface area contributed by atoms with E-state index in [9.17, 15) is 9.59 Å². The third kappa shape index (κ3) is 2.58. The van der Waals surface area contributed by atoms with Crippen molar-refractivity contribution in [2.45, 2.75) is 25.8 Å². The largest absolute Gasteiger partial charge is 0.334 e. The number of aromatic nitrogens is 2. The van der Waals surface area contributed by atoms with Gasteiger partial charge in [0.25, 0.3) is 5.91 Å². The van der Waals surface area contributed by atoms with Gasteiger partial charge >= 0.3 is 5.69 Å². The minimum Gasteiger partial charge on any atom is -0.334 e. The normalized spacial score (nSPS) is 18.2. The number of imidazole rings is 1. The van der Waals surface area contributed by atoms with Crippen molar-refractivity contribution >= 4 is 16.9 Å². The Morgan fingerprint density at radius 1 is 1.38 bits per heavy atom. The number of nitrogens with zero attached hydrogens (tertiary/aromatic N) is 1. The number of carbonyl (C=O) groups is 1. The zero-order valence-corrected chi connectivity index (χ0v) is 12.1. The summed E-state index contributed by atoms with van der Waals surface area (Å²) < 4.78 is 0. The molecule has 0 saturated carbocycles. The van der Waals surface area contributed by atoms with Gasteiger partial charge in [-0.15, -0.1) is 0 Å². The van der Waals surface area contributed by atoms with Gasteiger partial charge in [0.05, 0.1) is 16.6 Å². The lowest BCUT2D eigenvalue weighted by Gasteiger charge is -2.28. The number of benzene rings is 1. The molecule has 21 heavy (non-hydrogen) atoms. The number of para-hydroxylation sites is 1. The smallest absolute Gasteiger partial charge is 0.323 e. The number of nitrogens with one attached hydrogen (secondary N) is 3. The van der Waals surface area contributed by atoms with E-state index in [1.54, 1.807) is 18.2 Å². The van der Waals surface area contributed by atoms with E-state index in [0.717, 1.165) is 32.5 Å². The summed E-state index contributed by atoms with van der Waals surface area (Å²) >= 11 is 0. The van der Waals surface area contributed by atoms with E-state index in [2.05, 4.69) is 22.2 Å². The molecule has 112 valence electrons. The summed E-state index contributed by atoms with van der Waals surface area (Å²) in [5.74, 6) is -0.00796. The number of H-pyrrole nitrogens is 2. The minimum atomic E-state index is -0.283. The Kier molecular flexibility index (Phi) is 3.79. The molecule has 3 rings (SSSR count). The Hall–Kier alpha value is -2.08. The van der Waals surface area contributed by atoms with Crippen molar-refractivity contribution in [3.8, 4) is 0 Å². The van der Waals surface area contributed by atoms with Crippen molar-refractivity contribution in [3.05, 3.63) is 34.2 Å². The van der Waals surface area contributed by atoms with Crippen LogP contribution >= 0.6 is 0 Å². The third-order valence-electron chi connectivity index (χ3n) is 3.98. The molecule has 1 aliphatic heterocycles. The van der Waals surface area contributed by atoms with Gasteiger partial charge in [-0.3, -0.25) is 4.79 Å². The van der Waals surface area contributed by atoms with Gasteiger partial charge in [0.15, 0.2) is 0 Å². The Bertz CT molecular complexity index is 697. The van der Waals surface area contributed by atoms with E-state index in [0.29, 0.717) is 16.6 Å². The number of aromatic amines is 2. The Morgan fingerprint density at radius 2 is 2.24 bits per heavy atom. The predicted molar refractivity (Wildman–Crippen MR) is 81.5 cm³/mol. The van der Waals surface area contributed by atoms with Crippen LogP contribution in [0.15, 0.2) is 23.0 Å². The van der Waals surface area contributed by atoms with Crippen molar-refractivity contribution in [3.63, 3.8) is 0 Å². The van der Waals surface area contributed by atoms with E-state index in [1.165, 1.54) is 0 Å². The van der Waals surface area contributed by atoms with E-state index >= 15 is 0 Å². The van der Waals surface area contributed by atoms with Gasteiger partial charge in [-0.25, -0.2) is 4.79 Å². The highest BCUT2D eigenvalue weighted by Crippen LogP contribution is 2.19. The quantitative estimate of drug-likeness (QED) is 0.787. The fourth-order valence-electron chi connectivity index (χ4n) is 2.99. The molecule has 1 fully saturated rings. The zero-order chi connectivity index (χ0) is 14.8. The third-order valence-corrected chi connectivity index (χ3v) is 3.98. The highest BCUT2D eigenvalue weighted by atomic mass is 16.2. The number of hydrogen-bond donors (Lipinski definition) is 3. The van der Waals surface area contributed by atoms with Crippen LogP contribution in [0.1, 0.15) is 30.1 Å². The van der Waals surface area contributed by atoms with Crippen LogP contribution in [0.25, 0.3) is 11.0 Å². The standard InChI is InChI=1S/C15H20N4O2/c1-2-8-19(10-6-7-16-9-10)14(20)11-4-3-5-12-13(11)18-15(21)17-12/h3-5,10,16H,2,6-9H2,1H3,(H2,17,18,21). The number of hydrogen-bond acceptors (Lipinski definition) is 3. The molecular weight excluding hydrogens is 268 g/mol. The fourth-order valence-corrected chi connectivity index (χ4v) is 2.99. The van der Waals surface area contributed by atoms with E-state index in [4.69, 9.17) is 0 Å². The maximum Gasteiger partial charge on any atom is 0.323 e. The Labute approximate surface area is 122 Å². The summed E-state index contributed by atoms with van der Waals surface area (Å²) in [5.41, 5.74) is 1.55. The Morgan fingerprint density at radius 3 is 2.95 bits per heavy atom. The summed E-state index contributed by atoms with van der Waals surface area (Å²) in [6.07, 6.45) is 1.90. The first-order chi connectivity index (χ1) is 10.2. The molecule has 6 nitrogen and oxygen atoms in total. The van der Waals surface area contributed by atoms with Crippen molar-refractivity contribution in [2.75, 3.05) is 19.6 Å². The molecule has 0 aliphatic carbocycles. The van der Waals surface area contributed by atoms with E-state index in [-0.39, 0.29) is 17.6 Å². The van der Waals surface area contributed by atoms with Crippen LogP contribution < -0.4 is 11.0 Å². The van der Waals surface area contributed by atoms with Gasteiger partial charge in [-0.05, 0) is 31.5 Å². The highest BCUT2D eigenvalue weighted by Gasteiger charge is 2.27. The highest BCUT2D eigenvalue weighted by molar-refractivity contribution is 6.04. The van der Waals surface area contributed by atoms with Crippen LogP contribution in [0.5, 0.6) is 0 Å². The van der Waals surface area contributed by atoms with Gasteiger partial charge in [-0.2, -0.15) is 0 Å². The summed E-state index contributed by atoms with van der Waals surface area (Å²) in [7, 11) is 0. The van der Waals surface area contributed by atoms with Crippen molar-refractivity contribution in [1.29, 1.82) is 0 Å². The van der Waals surface area contributed by atoms with Crippen LogP contribution in [0.3, 0.4) is 0 Å². The lowest BCUT2D eigenvalue weighted by atomic mass is 10.1. The first-order valence-electron chi connectivity index (χ1n) is 7.43. The molecule has 2 aromatic rings. The summed E-state index contributed by atoms with van der Waals surface area (Å²) in [6.45, 7) is 4.59. The topological polar surface area (TPSA) is 81.0 Å². The van der Waals surface area contributed by atoms with Gasteiger partial charge in [0, 0.05) is 19.1 Å². The second-order valence-electron chi connectivity index (χ2n) is 5.45. The molecule has 1 unspecified atom stereocenters. The summed E-state index contributed by atoms with van der Waals surface area (Å²) in [6, 6.07) is 5.61. The molecule has 1 saturated heterocycles. The second-order valence-corrected chi connectivity index (χ2v) is 5.45. The number of amides is 1. The van der Waals surface area contributed by atoms with E-state index in [1.807, 2.05) is 4.90 Å². The SMILES string of the molecule is CCCN(C(=O)c1cccc2[nH]c(=O)[nH]c12)C1CCNC1. The molecular formula is C15H20N4O2. The van der Waals surface area contributed by atoms with Crippen LogP contribution in [-0.4, -0.2) is 46.5 Å². The predicted octanol–water partition coefficient (Wildman–Crippen LogP) is 1.07. The van der Waals surface area contributed by atoms with Crippen molar-refractivity contribution in [2.24, 2.45) is 0 Å². The molecule has 3 N–H and O–H groups in total. The molecule has 0 bridgehead atoms. The summed E-state index contributed by atoms with van der Waals surface area (Å²) in [5, 5.41) is 3.30.